The van der Waals surface area contributed by atoms with Gasteiger partial charge in [0.2, 0.25) is 0 Å². The second-order valence-electron chi connectivity index (χ2n) is 8.50. The highest BCUT2D eigenvalue weighted by Gasteiger charge is 2.52. The molecule has 5 unspecified atom stereocenters. The first-order valence-corrected chi connectivity index (χ1v) is 11.0. The highest BCUT2D eigenvalue weighted by atomic mass is 35.5. The number of fused-ring (bicyclic) bond motifs is 1. The summed E-state index contributed by atoms with van der Waals surface area (Å²) in [5, 5.41) is 0.727. The van der Waals surface area contributed by atoms with Gasteiger partial charge in [-0.05, 0) is 49.3 Å². The summed E-state index contributed by atoms with van der Waals surface area (Å²) in [4.78, 5) is 16.9. The van der Waals surface area contributed by atoms with Crippen molar-refractivity contribution < 1.29 is 9.53 Å². The van der Waals surface area contributed by atoms with Gasteiger partial charge in [-0.2, -0.15) is 0 Å². The molecule has 0 N–H and O–H groups in total. The third-order valence-corrected chi connectivity index (χ3v) is 7.17. The number of carbonyl (C=O) groups excluding carboxylic acids is 1. The normalized spacial score (nSPS) is 31.7. The van der Waals surface area contributed by atoms with Crippen LogP contribution in [0.2, 0.25) is 5.02 Å². The molecule has 1 aliphatic carbocycles. The Bertz CT molecular complexity index is 907. The molecule has 6 atom stereocenters. The van der Waals surface area contributed by atoms with Crippen LogP contribution in [0.1, 0.15) is 39.3 Å². The van der Waals surface area contributed by atoms with Gasteiger partial charge in [-0.1, -0.05) is 62.2 Å². The van der Waals surface area contributed by atoms with E-state index < -0.39 is 0 Å². The molecular formula is C25H28ClNO2. The van der Waals surface area contributed by atoms with Crippen LogP contribution in [0, 0.1) is 29.6 Å². The number of carbonyl (C=O) groups is 1. The van der Waals surface area contributed by atoms with Crippen LogP contribution in [0.5, 0.6) is 0 Å². The Morgan fingerprint density at radius 3 is 2.69 bits per heavy atom. The maximum atomic E-state index is 12.3. The number of allylic oxidation sites excluding steroid dienone is 1. The third kappa shape index (κ3) is 3.85. The first-order valence-electron chi connectivity index (χ1n) is 10.6. The van der Waals surface area contributed by atoms with Crippen molar-refractivity contribution >= 4 is 23.6 Å². The summed E-state index contributed by atoms with van der Waals surface area (Å²) in [6, 6.07) is 11.9. The zero-order valence-electron chi connectivity index (χ0n) is 17.2. The van der Waals surface area contributed by atoms with Crippen LogP contribution in [0.3, 0.4) is 0 Å². The highest BCUT2D eigenvalue weighted by molar-refractivity contribution is 6.33. The number of hydrogen-bond donors (Lipinski definition) is 0. The first-order chi connectivity index (χ1) is 14.0. The van der Waals surface area contributed by atoms with E-state index in [9.17, 15) is 4.79 Å². The number of nitrogens with zero attached hydrogens (tertiary/aromatic N) is 1. The summed E-state index contributed by atoms with van der Waals surface area (Å²) < 4.78 is 5.61. The quantitative estimate of drug-likeness (QED) is 0.558. The van der Waals surface area contributed by atoms with Gasteiger partial charge in [-0.3, -0.25) is 9.78 Å². The number of benzene rings is 1. The van der Waals surface area contributed by atoms with Crippen molar-refractivity contribution in [2.75, 3.05) is 0 Å². The van der Waals surface area contributed by atoms with E-state index in [1.165, 1.54) is 0 Å². The Kier molecular flexibility index (Phi) is 5.78. The molecular weight excluding hydrogens is 382 g/mol. The van der Waals surface area contributed by atoms with Crippen molar-refractivity contribution in [2.45, 2.75) is 39.7 Å². The number of ether oxygens (including phenoxy) is 1. The highest BCUT2D eigenvalue weighted by Crippen LogP contribution is 2.50. The lowest BCUT2D eigenvalue weighted by Crippen LogP contribution is -2.40. The molecule has 1 aliphatic heterocycles. The van der Waals surface area contributed by atoms with Crippen molar-refractivity contribution in [2.24, 2.45) is 29.6 Å². The largest absolute Gasteiger partial charge is 0.462 e. The molecule has 0 radical (unpaired) electrons. The van der Waals surface area contributed by atoms with E-state index in [0.717, 1.165) is 34.7 Å². The van der Waals surface area contributed by atoms with Crippen molar-refractivity contribution in [3.63, 3.8) is 0 Å². The predicted molar refractivity (Wildman–Crippen MR) is 117 cm³/mol. The van der Waals surface area contributed by atoms with Gasteiger partial charge in [0.15, 0.2) is 0 Å². The number of rotatable bonds is 4. The molecule has 3 nitrogen and oxygen atoms in total. The molecule has 4 heteroatoms. The van der Waals surface area contributed by atoms with E-state index in [0.29, 0.717) is 17.8 Å². The second-order valence-corrected chi connectivity index (χ2v) is 8.91. The Hall–Kier alpha value is -2.13. The molecule has 1 aromatic carbocycles. The van der Waals surface area contributed by atoms with Gasteiger partial charge in [-0.15, -0.1) is 0 Å². The number of aromatic nitrogens is 1. The third-order valence-electron chi connectivity index (χ3n) is 6.84. The molecule has 1 aromatic heterocycles. The molecule has 0 spiro atoms. The van der Waals surface area contributed by atoms with Gasteiger partial charge in [0.1, 0.15) is 6.10 Å². The Balaban J connectivity index is 1.58. The Morgan fingerprint density at radius 2 is 2.00 bits per heavy atom. The van der Waals surface area contributed by atoms with Crippen molar-refractivity contribution in [3.05, 3.63) is 59.4 Å². The maximum absolute atomic E-state index is 12.3. The Morgan fingerprint density at radius 1 is 1.21 bits per heavy atom. The molecule has 2 aliphatic rings. The van der Waals surface area contributed by atoms with Crippen LogP contribution in [0.15, 0.2) is 48.7 Å². The fourth-order valence-corrected chi connectivity index (χ4v) is 5.67. The van der Waals surface area contributed by atoms with Crippen molar-refractivity contribution in [1.82, 2.24) is 4.98 Å². The predicted octanol–water partition coefficient (Wildman–Crippen LogP) is 6.28. The summed E-state index contributed by atoms with van der Waals surface area (Å²) >= 11 is 6.30. The van der Waals surface area contributed by atoms with Crippen LogP contribution in [0.25, 0.3) is 17.2 Å². The molecule has 0 amide bonds. The SMILES string of the molecule is CCC1C(C)CC2C(=O)O[C@H](C)C2C1/C=C/c1ccc(-c2ccccc2Cl)cn1. The van der Waals surface area contributed by atoms with Gasteiger partial charge in [0.25, 0.3) is 0 Å². The topological polar surface area (TPSA) is 39.2 Å². The minimum atomic E-state index is -0.0146. The van der Waals surface area contributed by atoms with Crippen LogP contribution in [0.4, 0.5) is 0 Å². The summed E-state index contributed by atoms with van der Waals surface area (Å²) in [7, 11) is 0. The average Bonchev–Trinajstić information content (AvgIpc) is 3.00. The molecule has 2 aromatic rings. The fraction of sp³-hybridized carbons (Fsp3) is 0.440. The minimum absolute atomic E-state index is 0.00970. The first kappa shape index (κ1) is 20.2. The average molecular weight is 410 g/mol. The van der Waals surface area contributed by atoms with Gasteiger partial charge < -0.3 is 4.74 Å². The monoisotopic (exact) mass is 409 g/mol. The molecule has 4 rings (SSSR count). The van der Waals surface area contributed by atoms with E-state index in [4.69, 9.17) is 16.3 Å². The molecule has 2 fully saturated rings. The van der Waals surface area contributed by atoms with Gasteiger partial charge in [0, 0.05) is 28.3 Å². The van der Waals surface area contributed by atoms with Gasteiger partial charge in [-0.25, -0.2) is 0 Å². The molecule has 1 saturated heterocycles. The number of pyridine rings is 1. The van der Waals surface area contributed by atoms with E-state index in [2.05, 4.69) is 37.0 Å². The molecule has 29 heavy (non-hydrogen) atoms. The van der Waals surface area contributed by atoms with Gasteiger partial charge >= 0.3 is 5.97 Å². The number of cyclic esters (lactones) is 1. The molecule has 1 saturated carbocycles. The zero-order chi connectivity index (χ0) is 20.5. The van der Waals surface area contributed by atoms with E-state index >= 15 is 0 Å². The second kappa shape index (κ2) is 8.31. The lowest BCUT2D eigenvalue weighted by molar-refractivity contribution is -0.144. The lowest BCUT2D eigenvalue weighted by atomic mass is 9.61. The van der Waals surface area contributed by atoms with Crippen LogP contribution in [-0.2, 0) is 9.53 Å². The Labute approximate surface area is 178 Å². The van der Waals surface area contributed by atoms with E-state index in [1.807, 2.05) is 43.5 Å². The van der Waals surface area contributed by atoms with Crippen LogP contribution in [-0.4, -0.2) is 17.1 Å². The molecule has 0 bridgehead atoms. The van der Waals surface area contributed by atoms with E-state index in [-0.39, 0.29) is 23.9 Å². The maximum Gasteiger partial charge on any atom is 0.309 e. The summed E-state index contributed by atoms with van der Waals surface area (Å²) in [6.45, 7) is 6.57. The number of esters is 1. The summed E-state index contributed by atoms with van der Waals surface area (Å²) in [5.41, 5.74) is 2.92. The molecule has 152 valence electrons. The minimum Gasteiger partial charge on any atom is -0.462 e. The molecule has 2 heterocycles. The van der Waals surface area contributed by atoms with Crippen LogP contribution >= 0.6 is 11.6 Å². The van der Waals surface area contributed by atoms with Gasteiger partial charge in [0.05, 0.1) is 11.6 Å². The fourth-order valence-electron chi connectivity index (χ4n) is 5.42. The van der Waals surface area contributed by atoms with Crippen molar-refractivity contribution in [3.8, 4) is 11.1 Å². The standard InChI is InChI=1S/C25H28ClNO2/c1-4-19-15(2)13-22-24(16(3)29-25(22)28)21(19)12-11-18-10-9-17(14-27-18)20-7-5-6-8-23(20)26/h5-12,14-16,19,21-22,24H,4,13H2,1-3H3/b12-11+/t15?,16-,19?,21?,22?,24?/m1/s1. The summed E-state index contributed by atoms with van der Waals surface area (Å²) in [5.74, 6) is 1.70. The lowest BCUT2D eigenvalue weighted by Gasteiger charge is -2.41. The van der Waals surface area contributed by atoms with Crippen molar-refractivity contribution in [1.29, 1.82) is 0 Å². The van der Waals surface area contributed by atoms with Crippen LogP contribution < -0.4 is 0 Å². The summed E-state index contributed by atoms with van der Waals surface area (Å²) in [6.07, 6.45) is 8.29. The number of halogens is 1. The number of hydrogen-bond acceptors (Lipinski definition) is 3. The zero-order valence-corrected chi connectivity index (χ0v) is 18.0. The smallest absolute Gasteiger partial charge is 0.309 e. The van der Waals surface area contributed by atoms with E-state index in [1.54, 1.807) is 0 Å².